The molecule has 1 aromatic rings. The number of aryl methyl sites for hydroxylation is 1. The SMILES string of the molecule is CC.Cc1ccc(C(C)(C)C)cc1[NH3+]. The minimum absolute atomic E-state index is 0.236. The van der Waals surface area contributed by atoms with Gasteiger partial charge in [0, 0.05) is 11.6 Å². The molecule has 0 heterocycles. The predicted molar refractivity (Wildman–Crippen MR) is 63.8 cm³/mol. The fourth-order valence-corrected chi connectivity index (χ4v) is 1.14. The molecule has 0 saturated heterocycles. The maximum absolute atomic E-state index is 3.99. The maximum Gasteiger partial charge on any atom is 0.131 e. The van der Waals surface area contributed by atoms with E-state index in [1.54, 1.807) is 0 Å². The summed E-state index contributed by atoms with van der Waals surface area (Å²) in [5.41, 5.74) is 8.00. The highest BCUT2D eigenvalue weighted by molar-refractivity contribution is 5.42. The Bertz CT molecular complexity index is 282. The Hall–Kier alpha value is -0.820. The first kappa shape index (κ1) is 13.2. The summed E-state index contributed by atoms with van der Waals surface area (Å²) in [5, 5.41) is 0. The molecular weight excluding hydrogens is 170 g/mol. The van der Waals surface area contributed by atoms with Crippen LogP contribution in [0.3, 0.4) is 0 Å². The van der Waals surface area contributed by atoms with Gasteiger partial charge in [-0.15, -0.1) is 0 Å². The highest BCUT2D eigenvalue weighted by Crippen LogP contribution is 2.24. The van der Waals surface area contributed by atoms with Gasteiger partial charge in [0.2, 0.25) is 0 Å². The van der Waals surface area contributed by atoms with Crippen molar-refractivity contribution in [3.8, 4) is 0 Å². The van der Waals surface area contributed by atoms with Crippen molar-refractivity contribution < 1.29 is 5.73 Å². The largest absolute Gasteiger partial charge is 0.325 e. The van der Waals surface area contributed by atoms with Crippen LogP contribution in [0.1, 0.15) is 45.7 Å². The summed E-state index contributed by atoms with van der Waals surface area (Å²) in [6.07, 6.45) is 0. The van der Waals surface area contributed by atoms with Gasteiger partial charge in [-0.05, 0) is 17.9 Å². The van der Waals surface area contributed by atoms with Crippen molar-refractivity contribution >= 4 is 5.69 Å². The highest BCUT2D eigenvalue weighted by atomic mass is 14.6. The molecule has 3 N–H and O–H groups in total. The van der Waals surface area contributed by atoms with Crippen molar-refractivity contribution in [1.82, 2.24) is 0 Å². The summed E-state index contributed by atoms with van der Waals surface area (Å²) in [6, 6.07) is 6.50. The maximum atomic E-state index is 3.99. The second-order valence-corrected chi connectivity index (χ2v) is 4.39. The molecule has 1 nitrogen and oxygen atoms in total. The minimum atomic E-state index is 0.236. The van der Waals surface area contributed by atoms with Crippen molar-refractivity contribution in [2.75, 3.05) is 0 Å². The zero-order chi connectivity index (χ0) is 11.4. The fourth-order valence-electron chi connectivity index (χ4n) is 1.14. The third kappa shape index (κ3) is 3.51. The van der Waals surface area contributed by atoms with E-state index in [0.29, 0.717) is 0 Å². The van der Waals surface area contributed by atoms with Gasteiger partial charge in [0.15, 0.2) is 0 Å². The van der Waals surface area contributed by atoms with E-state index in [1.807, 2.05) is 13.8 Å². The van der Waals surface area contributed by atoms with Gasteiger partial charge in [0.1, 0.15) is 5.69 Å². The van der Waals surface area contributed by atoms with E-state index in [0.717, 1.165) is 5.69 Å². The minimum Gasteiger partial charge on any atom is -0.325 e. The molecule has 80 valence electrons. The first-order valence-corrected chi connectivity index (χ1v) is 5.34. The Labute approximate surface area is 88.3 Å². The molecule has 0 spiro atoms. The Morgan fingerprint density at radius 3 is 1.93 bits per heavy atom. The predicted octanol–water partition coefficient (Wildman–Crippen LogP) is 3.19. The molecule has 0 fully saturated rings. The van der Waals surface area contributed by atoms with E-state index >= 15 is 0 Å². The van der Waals surface area contributed by atoms with Gasteiger partial charge < -0.3 is 5.73 Å². The van der Waals surface area contributed by atoms with Crippen LogP contribution in [0.2, 0.25) is 0 Å². The molecule has 1 heteroatoms. The lowest BCUT2D eigenvalue weighted by molar-refractivity contribution is -0.255. The van der Waals surface area contributed by atoms with E-state index < -0.39 is 0 Å². The zero-order valence-electron chi connectivity index (χ0n) is 10.4. The van der Waals surface area contributed by atoms with Crippen LogP contribution >= 0.6 is 0 Å². The van der Waals surface area contributed by atoms with Gasteiger partial charge in [-0.3, -0.25) is 0 Å². The quantitative estimate of drug-likeness (QED) is 0.657. The zero-order valence-corrected chi connectivity index (χ0v) is 10.4. The molecule has 0 saturated carbocycles. The second-order valence-electron chi connectivity index (χ2n) is 4.39. The standard InChI is InChI=1S/C11H17N.C2H6/c1-8-5-6-9(7-10(8)12)11(2,3)4;1-2/h5-7H,12H2,1-4H3;1-2H3/p+1. The van der Waals surface area contributed by atoms with Crippen molar-refractivity contribution in [2.45, 2.75) is 47.0 Å². The monoisotopic (exact) mass is 194 g/mol. The number of hydrogen-bond acceptors (Lipinski definition) is 0. The smallest absolute Gasteiger partial charge is 0.131 e. The van der Waals surface area contributed by atoms with Gasteiger partial charge >= 0.3 is 0 Å². The Morgan fingerprint density at radius 2 is 1.57 bits per heavy atom. The normalized spacial score (nSPS) is 10.5. The molecule has 0 aliphatic carbocycles. The Kier molecular flexibility index (Phi) is 4.86. The molecule has 0 bridgehead atoms. The van der Waals surface area contributed by atoms with Crippen LogP contribution in [0.15, 0.2) is 18.2 Å². The number of quaternary nitrogens is 1. The van der Waals surface area contributed by atoms with Crippen molar-refractivity contribution in [2.24, 2.45) is 0 Å². The summed E-state index contributed by atoms with van der Waals surface area (Å²) >= 11 is 0. The molecule has 0 aromatic heterocycles. The number of rotatable bonds is 0. The molecule has 14 heavy (non-hydrogen) atoms. The first-order chi connectivity index (χ1) is 6.41. The molecule has 0 unspecified atom stereocenters. The summed E-state index contributed by atoms with van der Waals surface area (Å²) in [6.45, 7) is 12.8. The highest BCUT2D eigenvalue weighted by Gasteiger charge is 2.14. The fraction of sp³-hybridized carbons (Fsp3) is 0.538. The van der Waals surface area contributed by atoms with Crippen LogP contribution in [0, 0.1) is 6.92 Å². The van der Waals surface area contributed by atoms with Crippen LogP contribution in [0.5, 0.6) is 0 Å². The lowest BCUT2D eigenvalue weighted by atomic mass is 9.86. The van der Waals surface area contributed by atoms with Crippen LogP contribution in [-0.2, 0) is 5.41 Å². The molecular formula is C13H24N+. The van der Waals surface area contributed by atoms with Gasteiger partial charge in [-0.1, -0.05) is 46.8 Å². The number of benzene rings is 1. The van der Waals surface area contributed by atoms with E-state index in [4.69, 9.17) is 0 Å². The molecule has 0 radical (unpaired) electrons. The van der Waals surface area contributed by atoms with Gasteiger partial charge in [-0.25, -0.2) is 0 Å². The van der Waals surface area contributed by atoms with E-state index in [9.17, 15) is 0 Å². The molecule has 0 amide bonds. The summed E-state index contributed by atoms with van der Waals surface area (Å²) in [4.78, 5) is 0. The van der Waals surface area contributed by atoms with Gasteiger partial charge in [0.25, 0.3) is 0 Å². The van der Waals surface area contributed by atoms with E-state index in [1.165, 1.54) is 11.1 Å². The first-order valence-electron chi connectivity index (χ1n) is 5.34. The second kappa shape index (κ2) is 5.16. The Morgan fingerprint density at radius 1 is 1.07 bits per heavy atom. The molecule has 0 aliphatic heterocycles. The van der Waals surface area contributed by atoms with Crippen LogP contribution < -0.4 is 5.73 Å². The number of hydrogen-bond donors (Lipinski definition) is 1. The molecule has 1 aromatic carbocycles. The van der Waals surface area contributed by atoms with Crippen LogP contribution in [0.4, 0.5) is 5.69 Å². The van der Waals surface area contributed by atoms with Gasteiger partial charge in [-0.2, -0.15) is 0 Å². The van der Waals surface area contributed by atoms with Crippen LogP contribution in [-0.4, -0.2) is 0 Å². The third-order valence-electron chi connectivity index (χ3n) is 2.22. The lowest BCUT2D eigenvalue weighted by Gasteiger charge is -2.18. The average molecular weight is 194 g/mol. The van der Waals surface area contributed by atoms with E-state index in [-0.39, 0.29) is 5.41 Å². The third-order valence-corrected chi connectivity index (χ3v) is 2.22. The Balaban J connectivity index is 0.000000791. The molecule has 0 atom stereocenters. The summed E-state index contributed by atoms with van der Waals surface area (Å²) < 4.78 is 0. The lowest BCUT2D eigenvalue weighted by Crippen LogP contribution is -2.41. The molecule has 0 aliphatic rings. The van der Waals surface area contributed by atoms with Crippen molar-refractivity contribution in [1.29, 1.82) is 0 Å². The van der Waals surface area contributed by atoms with Crippen molar-refractivity contribution in [3.05, 3.63) is 29.3 Å². The van der Waals surface area contributed by atoms with Crippen LogP contribution in [0.25, 0.3) is 0 Å². The average Bonchev–Trinajstić information content (AvgIpc) is 2.11. The van der Waals surface area contributed by atoms with Gasteiger partial charge in [0.05, 0.1) is 0 Å². The summed E-state index contributed by atoms with van der Waals surface area (Å²) in [5.74, 6) is 0. The molecule has 1 rings (SSSR count). The van der Waals surface area contributed by atoms with E-state index in [2.05, 4.69) is 51.6 Å². The van der Waals surface area contributed by atoms with Crippen molar-refractivity contribution in [3.63, 3.8) is 0 Å². The topological polar surface area (TPSA) is 27.6 Å². The summed E-state index contributed by atoms with van der Waals surface area (Å²) in [7, 11) is 0.